The highest BCUT2D eigenvalue weighted by molar-refractivity contribution is 6.04. The van der Waals surface area contributed by atoms with Gasteiger partial charge in [0.05, 0.1) is 5.69 Å². The summed E-state index contributed by atoms with van der Waals surface area (Å²) in [6.07, 6.45) is 2.47. The molecule has 5 rings (SSSR count). The normalized spacial score (nSPS) is 12.0. The maximum atomic E-state index is 15.2. The standard InChI is InChI=1S/C32H29F2N7O5.2C2H6/c1-19(2)40-18-24(31(44)41(32(40)45)22-6-3-20(33)4-7-22)30(43)38-21-5-9-27(25(34)17-21)46-26-11-12-37-29(35)23(26)8-10-28(42)39-15-13-36-14-16-39;2*1-2/h3-7,9,11-12,17-19,36H,13-16H2,1-2H3,(H2,35,37)(H,38,43);2*1-2H3. The second-order valence-electron chi connectivity index (χ2n) is 10.5. The molecule has 2 aromatic carbocycles. The molecule has 1 aliphatic rings. The first-order valence-electron chi connectivity index (χ1n) is 16.2. The van der Waals surface area contributed by atoms with Crippen molar-refractivity contribution in [3.05, 3.63) is 105 Å². The van der Waals surface area contributed by atoms with Crippen LogP contribution in [0.1, 0.15) is 63.5 Å². The van der Waals surface area contributed by atoms with Crippen LogP contribution in [0.2, 0.25) is 0 Å². The van der Waals surface area contributed by atoms with Gasteiger partial charge in [0.2, 0.25) is 0 Å². The van der Waals surface area contributed by atoms with Gasteiger partial charge in [-0.15, -0.1) is 0 Å². The first kappa shape index (κ1) is 38.6. The number of hydrogen-bond donors (Lipinski definition) is 3. The van der Waals surface area contributed by atoms with Gasteiger partial charge in [-0.1, -0.05) is 27.7 Å². The Kier molecular flexibility index (Phi) is 14.0. The molecule has 2 aromatic heterocycles. The zero-order valence-corrected chi connectivity index (χ0v) is 28.8. The van der Waals surface area contributed by atoms with E-state index >= 15 is 4.39 Å². The van der Waals surface area contributed by atoms with Gasteiger partial charge in [0.25, 0.3) is 17.4 Å². The third kappa shape index (κ3) is 9.20. The van der Waals surface area contributed by atoms with Gasteiger partial charge in [-0.2, -0.15) is 0 Å². The number of rotatable bonds is 6. The highest BCUT2D eigenvalue weighted by atomic mass is 19.1. The Morgan fingerprint density at radius 2 is 1.64 bits per heavy atom. The van der Waals surface area contributed by atoms with Crippen molar-refractivity contribution in [2.45, 2.75) is 47.6 Å². The SMILES string of the molecule is CC.CC.CC(C)n1cc(C(=O)Nc2ccc(Oc3ccnc(N)c3C#CC(=O)N3CCNCC3)c(F)c2)c(=O)n(-c2ccc(F)cc2)c1=O. The zero-order valence-electron chi connectivity index (χ0n) is 28.8. The van der Waals surface area contributed by atoms with Gasteiger partial charge in [0.15, 0.2) is 11.6 Å². The molecular formula is C36H41F2N7O5. The second-order valence-corrected chi connectivity index (χ2v) is 10.5. The minimum absolute atomic E-state index is 0.0132. The Hall–Kier alpha value is -5.81. The fourth-order valence-corrected chi connectivity index (χ4v) is 4.63. The Labute approximate surface area is 288 Å². The summed E-state index contributed by atoms with van der Waals surface area (Å²) in [6, 6.07) is 9.22. The van der Waals surface area contributed by atoms with E-state index in [0.29, 0.717) is 26.2 Å². The van der Waals surface area contributed by atoms with Gasteiger partial charge in [0, 0.05) is 68.4 Å². The molecule has 1 saturated heterocycles. The van der Waals surface area contributed by atoms with E-state index in [1.54, 1.807) is 18.7 Å². The summed E-state index contributed by atoms with van der Waals surface area (Å²) in [6.45, 7) is 13.7. The molecule has 0 saturated carbocycles. The van der Waals surface area contributed by atoms with Crippen LogP contribution in [0, 0.1) is 23.5 Å². The Morgan fingerprint density at radius 3 is 2.26 bits per heavy atom. The molecule has 0 radical (unpaired) electrons. The van der Waals surface area contributed by atoms with Crippen LogP contribution < -0.4 is 32.4 Å². The summed E-state index contributed by atoms with van der Waals surface area (Å²) >= 11 is 0. The van der Waals surface area contributed by atoms with Crippen LogP contribution in [0.3, 0.4) is 0 Å². The lowest BCUT2D eigenvalue weighted by Crippen LogP contribution is -2.46. The van der Waals surface area contributed by atoms with Crippen LogP contribution >= 0.6 is 0 Å². The number of carbonyl (C=O) groups is 2. The highest BCUT2D eigenvalue weighted by Gasteiger charge is 2.21. The van der Waals surface area contributed by atoms with Crippen LogP contribution in [0.25, 0.3) is 5.69 Å². The maximum Gasteiger partial charge on any atom is 0.335 e. The second kappa shape index (κ2) is 18.1. The maximum absolute atomic E-state index is 15.2. The molecule has 1 aliphatic heterocycles. The van der Waals surface area contributed by atoms with Crippen molar-refractivity contribution in [3.63, 3.8) is 0 Å². The number of amides is 2. The Morgan fingerprint density at radius 1 is 0.980 bits per heavy atom. The quantitative estimate of drug-likeness (QED) is 0.246. The summed E-state index contributed by atoms with van der Waals surface area (Å²) in [5.41, 5.74) is 4.08. The first-order chi connectivity index (χ1) is 24.0. The van der Waals surface area contributed by atoms with E-state index in [-0.39, 0.29) is 34.3 Å². The number of carbonyl (C=O) groups excluding carboxylic acids is 2. The fourth-order valence-electron chi connectivity index (χ4n) is 4.63. The first-order valence-corrected chi connectivity index (χ1v) is 16.2. The predicted molar refractivity (Wildman–Crippen MR) is 189 cm³/mol. The van der Waals surface area contributed by atoms with Gasteiger partial charge < -0.3 is 26.0 Å². The Bertz CT molecular complexity index is 1990. The average Bonchev–Trinajstić information content (AvgIpc) is 3.12. The summed E-state index contributed by atoms with van der Waals surface area (Å²) < 4.78 is 36.4. The molecule has 4 N–H and O–H groups in total. The molecule has 2 amide bonds. The molecule has 264 valence electrons. The molecule has 0 spiro atoms. The highest BCUT2D eigenvalue weighted by Crippen LogP contribution is 2.30. The van der Waals surface area contributed by atoms with E-state index in [0.717, 1.165) is 29.0 Å². The number of nitrogens with two attached hydrogens (primary N) is 1. The average molecular weight is 690 g/mol. The topological polar surface area (TPSA) is 154 Å². The van der Waals surface area contributed by atoms with E-state index in [9.17, 15) is 23.6 Å². The van der Waals surface area contributed by atoms with E-state index < -0.39 is 46.3 Å². The molecule has 0 aliphatic carbocycles. The van der Waals surface area contributed by atoms with Crippen molar-refractivity contribution in [2.75, 3.05) is 37.2 Å². The summed E-state index contributed by atoms with van der Waals surface area (Å²) in [5, 5.41) is 5.62. The minimum atomic E-state index is -0.939. The van der Waals surface area contributed by atoms with E-state index in [1.165, 1.54) is 41.1 Å². The van der Waals surface area contributed by atoms with Crippen LogP contribution in [-0.4, -0.2) is 57.0 Å². The number of ether oxygens (including phenoxy) is 1. The fraction of sp³-hybridized carbons (Fsp3) is 0.306. The molecule has 50 heavy (non-hydrogen) atoms. The minimum Gasteiger partial charge on any atom is -0.453 e. The van der Waals surface area contributed by atoms with Gasteiger partial charge in [-0.25, -0.2) is 23.1 Å². The molecule has 0 atom stereocenters. The number of halogens is 2. The van der Waals surface area contributed by atoms with Crippen LogP contribution in [-0.2, 0) is 4.79 Å². The number of hydrogen-bond acceptors (Lipinski definition) is 8. The number of benzene rings is 2. The zero-order chi connectivity index (χ0) is 37.0. The molecule has 12 nitrogen and oxygen atoms in total. The predicted octanol–water partition coefficient (Wildman–Crippen LogP) is 4.72. The van der Waals surface area contributed by atoms with Gasteiger partial charge in [0.1, 0.15) is 28.5 Å². The molecule has 14 heteroatoms. The summed E-state index contributed by atoms with van der Waals surface area (Å²) in [7, 11) is 0. The lowest BCUT2D eigenvalue weighted by atomic mass is 10.2. The monoisotopic (exact) mass is 689 g/mol. The van der Waals surface area contributed by atoms with Crippen LogP contribution in [0.4, 0.5) is 20.3 Å². The van der Waals surface area contributed by atoms with E-state index in [2.05, 4.69) is 27.5 Å². The van der Waals surface area contributed by atoms with Crippen molar-refractivity contribution in [2.24, 2.45) is 0 Å². The number of piperazine rings is 1. The van der Waals surface area contributed by atoms with Crippen molar-refractivity contribution in [3.8, 4) is 29.0 Å². The largest absolute Gasteiger partial charge is 0.453 e. The summed E-state index contributed by atoms with van der Waals surface area (Å²) in [5.74, 6) is 2.28. The van der Waals surface area contributed by atoms with Crippen LogP contribution in [0.5, 0.6) is 11.5 Å². The summed E-state index contributed by atoms with van der Waals surface area (Å²) in [4.78, 5) is 57.7. The lowest BCUT2D eigenvalue weighted by molar-refractivity contribution is -0.125. The number of pyridine rings is 1. The Balaban J connectivity index is 0.00000163. The molecule has 0 unspecified atom stereocenters. The number of nitrogens with one attached hydrogen (secondary N) is 2. The lowest BCUT2D eigenvalue weighted by Gasteiger charge is -2.25. The number of aromatic nitrogens is 3. The third-order valence-corrected chi connectivity index (χ3v) is 7.05. The molecular weight excluding hydrogens is 648 g/mol. The third-order valence-electron chi connectivity index (χ3n) is 7.05. The molecule has 0 bridgehead atoms. The molecule has 1 fully saturated rings. The smallest absolute Gasteiger partial charge is 0.335 e. The van der Waals surface area contributed by atoms with Gasteiger partial charge in [-0.3, -0.25) is 19.0 Å². The van der Waals surface area contributed by atoms with Crippen molar-refractivity contribution in [1.82, 2.24) is 24.3 Å². The number of nitrogen functional groups attached to an aromatic ring is 1. The number of anilines is 2. The van der Waals surface area contributed by atoms with Crippen molar-refractivity contribution >= 4 is 23.3 Å². The van der Waals surface area contributed by atoms with Crippen molar-refractivity contribution in [1.29, 1.82) is 0 Å². The van der Waals surface area contributed by atoms with Crippen LogP contribution in [0.15, 0.2) is 70.5 Å². The van der Waals surface area contributed by atoms with Crippen molar-refractivity contribution < 1.29 is 23.1 Å². The van der Waals surface area contributed by atoms with E-state index in [4.69, 9.17) is 10.5 Å². The number of nitrogens with zero attached hydrogens (tertiary/aromatic N) is 4. The molecule has 3 heterocycles. The van der Waals surface area contributed by atoms with Gasteiger partial charge >= 0.3 is 5.69 Å². The van der Waals surface area contributed by atoms with Gasteiger partial charge in [-0.05, 0) is 56.2 Å². The molecule has 4 aromatic rings. The van der Waals surface area contributed by atoms with E-state index in [1.807, 2.05) is 27.7 Å².